The summed E-state index contributed by atoms with van der Waals surface area (Å²) < 4.78 is 13.2. The maximum atomic E-state index is 13.5. The predicted molar refractivity (Wildman–Crippen MR) is 175 cm³/mol. The van der Waals surface area contributed by atoms with E-state index in [1.165, 1.54) is 37.7 Å². The van der Waals surface area contributed by atoms with Gasteiger partial charge in [0.15, 0.2) is 0 Å². The fourth-order valence-corrected chi connectivity index (χ4v) is 6.27. The number of anilines is 1. The van der Waals surface area contributed by atoms with Crippen LogP contribution in [0.4, 0.5) is 10.5 Å². The van der Waals surface area contributed by atoms with Gasteiger partial charge in [-0.05, 0) is 71.6 Å². The zero-order valence-electron chi connectivity index (χ0n) is 25.6. The number of rotatable bonds is 11. The topological polar surface area (TPSA) is 73.7 Å². The van der Waals surface area contributed by atoms with Crippen molar-refractivity contribution in [3.8, 4) is 0 Å². The molecule has 0 saturated heterocycles. The van der Waals surface area contributed by atoms with E-state index in [1.54, 1.807) is 27.8 Å². The first kappa shape index (κ1) is 30.7. The van der Waals surface area contributed by atoms with Gasteiger partial charge < -0.3 is 9.47 Å². The van der Waals surface area contributed by atoms with Crippen LogP contribution >= 0.6 is 0 Å². The molecular formula is C35H43N3O4Si. The van der Waals surface area contributed by atoms with Gasteiger partial charge in [0.25, 0.3) is 5.56 Å². The summed E-state index contributed by atoms with van der Waals surface area (Å²) in [6.07, 6.45) is 9.53. The molecule has 2 aromatic heterocycles. The molecule has 8 heteroatoms. The van der Waals surface area contributed by atoms with Gasteiger partial charge in [-0.25, -0.2) is 4.79 Å². The van der Waals surface area contributed by atoms with E-state index in [4.69, 9.17) is 14.5 Å². The fourth-order valence-electron chi connectivity index (χ4n) is 5.51. The summed E-state index contributed by atoms with van der Waals surface area (Å²) in [4.78, 5) is 33.1. The number of aromatic nitrogens is 2. The number of hydrogen-bond donors (Lipinski definition) is 0. The highest BCUT2D eigenvalue weighted by Crippen LogP contribution is 2.32. The Kier molecular flexibility index (Phi) is 10.1. The lowest BCUT2D eigenvalue weighted by atomic mass is 9.85. The third-order valence-corrected chi connectivity index (χ3v) is 9.87. The third kappa shape index (κ3) is 8.42. The van der Waals surface area contributed by atoms with E-state index in [2.05, 4.69) is 25.7 Å². The number of amides is 1. The Hall–Kier alpha value is -3.75. The van der Waals surface area contributed by atoms with Crippen molar-refractivity contribution < 1.29 is 14.3 Å². The molecule has 226 valence electrons. The standard InChI is InChI=1S/C35H43N3O4Si/c1-43(2,3)21-20-41-26-37-19-18-29-22-32(16-17-33(29)34(37)39)38(35(40)42-25-27-10-6-4-7-11-27)24-31-15-14-30(23-36-31)28-12-8-5-9-13-28/h4,6-7,10-11,14-19,22-23,28H,5,8-9,12-13,20-21,24-26H2,1-3H3. The van der Waals surface area contributed by atoms with E-state index in [0.29, 0.717) is 23.6 Å². The lowest BCUT2D eigenvalue weighted by Gasteiger charge is -2.24. The Labute approximate surface area is 255 Å². The predicted octanol–water partition coefficient (Wildman–Crippen LogP) is 8.10. The van der Waals surface area contributed by atoms with Gasteiger partial charge in [0.2, 0.25) is 0 Å². The highest BCUT2D eigenvalue weighted by Gasteiger charge is 2.21. The number of ether oxygens (including phenoxy) is 2. The van der Waals surface area contributed by atoms with Gasteiger partial charge in [0.1, 0.15) is 13.3 Å². The average Bonchev–Trinajstić information content (AvgIpc) is 3.02. The second-order valence-electron chi connectivity index (χ2n) is 12.8. The van der Waals surface area contributed by atoms with E-state index in [9.17, 15) is 9.59 Å². The molecule has 2 aromatic carbocycles. The molecule has 1 aliphatic carbocycles. The molecule has 0 spiro atoms. The van der Waals surface area contributed by atoms with Gasteiger partial charge in [0, 0.05) is 38.1 Å². The molecule has 0 atom stereocenters. The lowest BCUT2D eigenvalue weighted by molar-refractivity contribution is 0.0851. The molecule has 43 heavy (non-hydrogen) atoms. The van der Waals surface area contributed by atoms with Crippen molar-refractivity contribution in [2.45, 2.75) is 83.6 Å². The van der Waals surface area contributed by atoms with Crippen molar-refractivity contribution in [3.05, 3.63) is 106 Å². The molecule has 4 aromatic rings. The normalized spacial score (nSPS) is 14.1. The van der Waals surface area contributed by atoms with Crippen LogP contribution in [0.3, 0.4) is 0 Å². The summed E-state index contributed by atoms with van der Waals surface area (Å²) in [7, 11) is -1.20. The Morgan fingerprint density at radius 2 is 1.79 bits per heavy atom. The molecule has 1 fully saturated rings. The largest absolute Gasteiger partial charge is 0.444 e. The molecule has 5 rings (SSSR count). The van der Waals surface area contributed by atoms with Crippen LogP contribution < -0.4 is 10.5 Å². The van der Waals surface area contributed by atoms with Crippen LogP contribution in [0, 0.1) is 0 Å². The van der Waals surface area contributed by atoms with E-state index in [1.807, 2.05) is 54.7 Å². The molecule has 0 bridgehead atoms. The molecule has 1 amide bonds. The van der Waals surface area contributed by atoms with Crippen molar-refractivity contribution >= 4 is 30.6 Å². The highest BCUT2D eigenvalue weighted by atomic mass is 28.3. The first-order valence-electron chi connectivity index (χ1n) is 15.4. The van der Waals surface area contributed by atoms with Crippen molar-refractivity contribution in [1.82, 2.24) is 9.55 Å². The van der Waals surface area contributed by atoms with Crippen LogP contribution in [0.15, 0.2) is 83.9 Å². The van der Waals surface area contributed by atoms with Crippen molar-refractivity contribution in [3.63, 3.8) is 0 Å². The minimum Gasteiger partial charge on any atom is -0.444 e. The van der Waals surface area contributed by atoms with E-state index in [-0.39, 0.29) is 25.4 Å². The highest BCUT2D eigenvalue weighted by molar-refractivity contribution is 6.76. The van der Waals surface area contributed by atoms with Crippen LogP contribution in [-0.4, -0.2) is 30.3 Å². The Morgan fingerprint density at radius 3 is 2.51 bits per heavy atom. The first-order valence-corrected chi connectivity index (χ1v) is 19.1. The van der Waals surface area contributed by atoms with Crippen LogP contribution in [0.2, 0.25) is 25.7 Å². The van der Waals surface area contributed by atoms with Crippen molar-refractivity contribution in [1.29, 1.82) is 0 Å². The molecule has 1 aliphatic rings. The van der Waals surface area contributed by atoms with Gasteiger partial charge in [-0.3, -0.25) is 19.2 Å². The Bertz CT molecular complexity index is 1560. The molecular weight excluding hydrogens is 554 g/mol. The maximum Gasteiger partial charge on any atom is 0.414 e. The first-order chi connectivity index (χ1) is 20.8. The number of hydrogen-bond acceptors (Lipinski definition) is 5. The molecule has 0 N–H and O–H groups in total. The minimum atomic E-state index is -1.20. The number of fused-ring (bicyclic) bond motifs is 1. The summed E-state index contributed by atoms with van der Waals surface area (Å²) >= 11 is 0. The van der Waals surface area contributed by atoms with E-state index >= 15 is 0 Å². The van der Waals surface area contributed by atoms with Crippen LogP contribution in [0.5, 0.6) is 0 Å². The van der Waals surface area contributed by atoms with Gasteiger partial charge in [-0.2, -0.15) is 0 Å². The number of carbonyl (C=O) groups excluding carboxylic acids is 1. The second-order valence-corrected chi connectivity index (χ2v) is 18.4. The van der Waals surface area contributed by atoms with E-state index < -0.39 is 14.2 Å². The minimum absolute atomic E-state index is 0.116. The van der Waals surface area contributed by atoms with Gasteiger partial charge >= 0.3 is 6.09 Å². The summed E-state index contributed by atoms with van der Waals surface area (Å²) in [5, 5.41) is 1.33. The van der Waals surface area contributed by atoms with Crippen molar-refractivity contribution in [2.75, 3.05) is 11.5 Å². The molecule has 0 unspecified atom stereocenters. The number of nitrogens with zero attached hydrogens (tertiary/aromatic N) is 3. The smallest absolute Gasteiger partial charge is 0.414 e. The Balaban J connectivity index is 1.36. The zero-order valence-corrected chi connectivity index (χ0v) is 26.6. The summed E-state index contributed by atoms with van der Waals surface area (Å²) in [6.45, 7) is 8.21. The quantitative estimate of drug-likeness (QED) is 0.129. The monoisotopic (exact) mass is 597 g/mol. The van der Waals surface area contributed by atoms with Gasteiger partial charge in [-0.1, -0.05) is 75.3 Å². The van der Waals surface area contributed by atoms with Crippen LogP contribution in [0.25, 0.3) is 10.8 Å². The third-order valence-electron chi connectivity index (χ3n) is 8.17. The zero-order chi connectivity index (χ0) is 30.2. The number of pyridine rings is 2. The summed E-state index contributed by atoms with van der Waals surface area (Å²) in [6, 6.07) is 22.2. The molecule has 2 heterocycles. The van der Waals surface area contributed by atoms with Crippen molar-refractivity contribution in [2.24, 2.45) is 0 Å². The van der Waals surface area contributed by atoms with Crippen LogP contribution in [0.1, 0.15) is 54.8 Å². The summed E-state index contributed by atoms with van der Waals surface area (Å²) in [5.41, 5.74) is 3.50. The second kappa shape index (κ2) is 14.1. The number of carbonyl (C=O) groups is 1. The number of benzene rings is 2. The van der Waals surface area contributed by atoms with Gasteiger partial charge in [-0.15, -0.1) is 0 Å². The SMILES string of the molecule is C[Si](C)(C)CCOCn1ccc2cc(N(Cc3ccc(C4CCCCC4)cn3)C(=O)OCc3ccccc3)ccc2c1=O. The lowest BCUT2D eigenvalue weighted by Crippen LogP contribution is -2.31. The summed E-state index contributed by atoms with van der Waals surface area (Å²) in [5.74, 6) is 0.567. The van der Waals surface area contributed by atoms with E-state index in [0.717, 1.165) is 22.7 Å². The fraction of sp³-hybridized carbons (Fsp3) is 0.400. The maximum absolute atomic E-state index is 13.5. The molecule has 0 aliphatic heterocycles. The molecule has 1 saturated carbocycles. The van der Waals surface area contributed by atoms with Gasteiger partial charge in [0.05, 0.1) is 12.2 Å². The molecule has 7 nitrogen and oxygen atoms in total. The molecule has 0 radical (unpaired) electrons. The Morgan fingerprint density at radius 1 is 1.00 bits per heavy atom. The van der Waals surface area contributed by atoms with Crippen LogP contribution in [-0.2, 0) is 29.4 Å². The average molecular weight is 598 g/mol.